The van der Waals surface area contributed by atoms with Crippen molar-refractivity contribution in [3.05, 3.63) is 53.3 Å². The Morgan fingerprint density at radius 2 is 2.18 bits per heavy atom. The Morgan fingerprint density at radius 3 is 2.82 bits per heavy atom. The van der Waals surface area contributed by atoms with E-state index in [4.69, 9.17) is 4.74 Å². The molecule has 1 saturated heterocycles. The Kier molecular flexibility index (Phi) is 7.88. The van der Waals surface area contributed by atoms with Gasteiger partial charge in [0.2, 0.25) is 0 Å². The maximum atomic E-state index is 5.95. The van der Waals surface area contributed by atoms with Crippen molar-refractivity contribution >= 4 is 29.9 Å². The molecule has 0 aliphatic carbocycles. The van der Waals surface area contributed by atoms with Crippen LogP contribution in [-0.4, -0.2) is 53.9 Å². The van der Waals surface area contributed by atoms with Crippen LogP contribution in [0.25, 0.3) is 0 Å². The molecule has 1 unspecified atom stereocenters. The quantitative estimate of drug-likeness (QED) is 0.401. The second-order valence-electron chi connectivity index (χ2n) is 7.91. The first-order valence-corrected chi connectivity index (χ1v) is 9.52. The van der Waals surface area contributed by atoms with Crippen LogP contribution in [0.3, 0.4) is 0 Å². The van der Waals surface area contributed by atoms with Gasteiger partial charge in [-0.25, -0.2) is 0 Å². The van der Waals surface area contributed by atoms with Gasteiger partial charge in [-0.05, 0) is 12.5 Å². The van der Waals surface area contributed by atoms with Gasteiger partial charge in [0, 0.05) is 44.4 Å². The molecule has 28 heavy (non-hydrogen) atoms. The fourth-order valence-electron chi connectivity index (χ4n) is 3.45. The summed E-state index contributed by atoms with van der Waals surface area (Å²) in [6.45, 7) is 9.77. The molecule has 6 nitrogen and oxygen atoms in total. The predicted molar refractivity (Wildman–Crippen MR) is 124 cm³/mol. The van der Waals surface area contributed by atoms with E-state index in [2.05, 4.69) is 65.3 Å². The lowest BCUT2D eigenvalue weighted by Gasteiger charge is -2.36. The van der Waals surface area contributed by atoms with Crippen LogP contribution in [0.15, 0.2) is 41.7 Å². The lowest BCUT2D eigenvalue weighted by molar-refractivity contribution is -0.00808. The highest BCUT2D eigenvalue weighted by molar-refractivity contribution is 14.0. The van der Waals surface area contributed by atoms with Gasteiger partial charge in [-0.1, -0.05) is 43.7 Å². The molecule has 1 aromatic heterocycles. The first kappa shape index (κ1) is 22.7. The highest BCUT2D eigenvalue weighted by atomic mass is 127. The van der Waals surface area contributed by atoms with E-state index in [-0.39, 0.29) is 35.5 Å². The van der Waals surface area contributed by atoms with Crippen LogP contribution in [-0.2, 0) is 17.2 Å². The summed E-state index contributed by atoms with van der Waals surface area (Å²) in [4.78, 5) is 6.79. The number of nitrogens with zero attached hydrogens (tertiary/aromatic N) is 4. The highest BCUT2D eigenvalue weighted by Crippen LogP contribution is 2.24. The van der Waals surface area contributed by atoms with Crippen LogP contribution in [0.1, 0.15) is 36.6 Å². The van der Waals surface area contributed by atoms with Gasteiger partial charge < -0.3 is 15.0 Å². The average molecular weight is 497 g/mol. The minimum absolute atomic E-state index is 0. The van der Waals surface area contributed by atoms with Crippen molar-refractivity contribution in [1.82, 2.24) is 20.0 Å². The largest absolute Gasteiger partial charge is 0.370 e. The first-order chi connectivity index (χ1) is 12.9. The average Bonchev–Trinajstić information content (AvgIpc) is 3.09. The number of aryl methyl sites for hydroxylation is 2. The number of nitrogens with one attached hydrogen (secondary N) is 1. The molecule has 7 heteroatoms. The summed E-state index contributed by atoms with van der Waals surface area (Å²) in [6, 6.07) is 8.72. The Bertz CT molecular complexity index is 802. The normalized spacial score (nSPS) is 18.0. The van der Waals surface area contributed by atoms with Crippen LogP contribution in [0, 0.1) is 6.92 Å². The molecule has 1 fully saturated rings. The number of ether oxygens (including phenoxy) is 1. The molecule has 1 aliphatic heterocycles. The van der Waals surface area contributed by atoms with Gasteiger partial charge in [0.1, 0.15) is 6.10 Å². The van der Waals surface area contributed by atoms with E-state index in [1.54, 1.807) is 0 Å². The first-order valence-electron chi connectivity index (χ1n) is 9.52. The Morgan fingerprint density at radius 1 is 1.39 bits per heavy atom. The molecule has 0 radical (unpaired) electrons. The molecule has 1 atom stereocenters. The van der Waals surface area contributed by atoms with E-state index >= 15 is 0 Å². The molecule has 1 aliphatic rings. The van der Waals surface area contributed by atoms with Crippen molar-refractivity contribution < 1.29 is 4.74 Å². The monoisotopic (exact) mass is 497 g/mol. The van der Waals surface area contributed by atoms with E-state index < -0.39 is 0 Å². The van der Waals surface area contributed by atoms with Crippen LogP contribution >= 0.6 is 24.0 Å². The van der Waals surface area contributed by atoms with Crippen LogP contribution < -0.4 is 5.32 Å². The SMILES string of the molecule is CN=C(NCC(C)(C)c1cccc(C)c1)N1CCOC(c2cnn(C)c2)C1.I. The number of morpholine rings is 1. The molecule has 0 bridgehead atoms. The molecule has 1 N–H and O–H groups in total. The fraction of sp³-hybridized carbons (Fsp3) is 0.524. The molecule has 3 rings (SSSR count). The van der Waals surface area contributed by atoms with Crippen molar-refractivity contribution in [1.29, 1.82) is 0 Å². The number of halogens is 1. The van der Waals surface area contributed by atoms with Gasteiger partial charge in [-0.2, -0.15) is 5.10 Å². The third-order valence-electron chi connectivity index (χ3n) is 5.16. The minimum atomic E-state index is 0. The highest BCUT2D eigenvalue weighted by Gasteiger charge is 2.27. The van der Waals surface area contributed by atoms with Gasteiger partial charge in [0.05, 0.1) is 19.3 Å². The second-order valence-corrected chi connectivity index (χ2v) is 7.91. The summed E-state index contributed by atoms with van der Waals surface area (Å²) in [5.74, 6) is 0.924. The van der Waals surface area contributed by atoms with E-state index in [0.717, 1.165) is 31.2 Å². The van der Waals surface area contributed by atoms with E-state index in [9.17, 15) is 0 Å². The number of guanidine groups is 1. The van der Waals surface area contributed by atoms with Crippen LogP contribution in [0.5, 0.6) is 0 Å². The Hall–Kier alpha value is -1.61. The molecule has 2 heterocycles. The van der Waals surface area contributed by atoms with Crippen molar-refractivity contribution in [2.24, 2.45) is 12.0 Å². The predicted octanol–water partition coefficient (Wildman–Crippen LogP) is 3.27. The zero-order chi connectivity index (χ0) is 19.4. The van der Waals surface area contributed by atoms with Gasteiger partial charge >= 0.3 is 0 Å². The maximum Gasteiger partial charge on any atom is 0.193 e. The molecule has 154 valence electrons. The van der Waals surface area contributed by atoms with E-state index in [1.165, 1.54) is 11.1 Å². The summed E-state index contributed by atoms with van der Waals surface area (Å²) in [5.41, 5.74) is 3.74. The molecule has 0 saturated carbocycles. The van der Waals surface area contributed by atoms with Crippen molar-refractivity contribution in [3.8, 4) is 0 Å². The van der Waals surface area contributed by atoms with Crippen molar-refractivity contribution in [3.63, 3.8) is 0 Å². The zero-order valence-electron chi connectivity index (χ0n) is 17.5. The third-order valence-corrected chi connectivity index (χ3v) is 5.16. The number of rotatable bonds is 4. The molecule has 0 amide bonds. The van der Waals surface area contributed by atoms with Gasteiger partial charge in [0.25, 0.3) is 0 Å². The summed E-state index contributed by atoms with van der Waals surface area (Å²) in [6.07, 6.45) is 3.92. The third kappa shape index (κ3) is 5.47. The van der Waals surface area contributed by atoms with E-state index in [1.807, 2.05) is 31.2 Å². The standard InChI is InChI=1S/C21H31N5O.HI/c1-16-7-6-8-18(11-16)21(2,3)15-23-20(22-4)26-9-10-27-19(14-26)17-12-24-25(5)13-17;/h6-8,11-13,19H,9-10,14-15H2,1-5H3,(H,22,23);1H. The lowest BCUT2D eigenvalue weighted by atomic mass is 9.84. The van der Waals surface area contributed by atoms with E-state index in [0.29, 0.717) is 6.61 Å². The van der Waals surface area contributed by atoms with Crippen LogP contribution in [0.4, 0.5) is 0 Å². The molecule has 2 aromatic rings. The number of hydrogen-bond donors (Lipinski definition) is 1. The zero-order valence-corrected chi connectivity index (χ0v) is 19.8. The molecular formula is C21H32IN5O. The van der Waals surface area contributed by atoms with Gasteiger partial charge in [-0.3, -0.25) is 9.67 Å². The molecule has 1 aromatic carbocycles. The van der Waals surface area contributed by atoms with Crippen molar-refractivity contribution in [2.75, 3.05) is 33.3 Å². The lowest BCUT2D eigenvalue weighted by Crippen LogP contribution is -2.50. The summed E-state index contributed by atoms with van der Waals surface area (Å²) >= 11 is 0. The smallest absolute Gasteiger partial charge is 0.193 e. The van der Waals surface area contributed by atoms with Crippen LogP contribution in [0.2, 0.25) is 0 Å². The number of benzene rings is 1. The number of aromatic nitrogens is 2. The maximum absolute atomic E-state index is 5.95. The second kappa shape index (κ2) is 9.73. The molecule has 0 spiro atoms. The topological polar surface area (TPSA) is 54.7 Å². The van der Waals surface area contributed by atoms with Gasteiger partial charge in [-0.15, -0.1) is 24.0 Å². The number of hydrogen-bond acceptors (Lipinski definition) is 3. The molecular weight excluding hydrogens is 465 g/mol. The number of aliphatic imine (C=N–C) groups is 1. The summed E-state index contributed by atoms with van der Waals surface area (Å²) in [5, 5.41) is 7.84. The fourth-order valence-corrected chi connectivity index (χ4v) is 3.45. The van der Waals surface area contributed by atoms with Crippen molar-refractivity contribution in [2.45, 2.75) is 32.3 Å². The summed E-state index contributed by atoms with van der Waals surface area (Å²) in [7, 11) is 3.77. The Balaban J connectivity index is 0.00000280. The minimum Gasteiger partial charge on any atom is -0.370 e. The summed E-state index contributed by atoms with van der Waals surface area (Å²) < 4.78 is 7.77. The van der Waals surface area contributed by atoms with Gasteiger partial charge in [0.15, 0.2) is 5.96 Å². The Labute approximate surface area is 185 Å².